The van der Waals surface area contributed by atoms with Gasteiger partial charge in [0.2, 0.25) is 5.91 Å². The summed E-state index contributed by atoms with van der Waals surface area (Å²) in [6.07, 6.45) is 0.888. The molecular formula is C15H32N4O3. The Morgan fingerprint density at radius 1 is 1.18 bits per heavy atom. The lowest BCUT2D eigenvalue weighted by molar-refractivity contribution is -0.127. The Labute approximate surface area is 134 Å². The predicted octanol–water partition coefficient (Wildman–Crippen LogP) is 0.319. The molecule has 0 bridgehead atoms. The maximum absolute atomic E-state index is 11.6. The second kappa shape index (κ2) is 13.3. The number of nitrogens with zero attached hydrogens (tertiary/aromatic N) is 2. The molecule has 0 aromatic heterocycles. The fourth-order valence-electron chi connectivity index (χ4n) is 1.43. The number of amides is 1. The maximum atomic E-state index is 11.6. The molecule has 0 rings (SSSR count). The fourth-order valence-corrected chi connectivity index (χ4v) is 1.43. The molecule has 0 aromatic rings. The van der Waals surface area contributed by atoms with Crippen molar-refractivity contribution in [1.82, 2.24) is 15.5 Å². The lowest BCUT2D eigenvalue weighted by Gasteiger charge is -2.14. The van der Waals surface area contributed by atoms with E-state index in [-0.39, 0.29) is 12.5 Å². The maximum Gasteiger partial charge on any atom is 0.243 e. The van der Waals surface area contributed by atoms with Gasteiger partial charge in [0.1, 0.15) is 6.54 Å². The summed E-state index contributed by atoms with van der Waals surface area (Å²) < 4.78 is 10.5. The van der Waals surface area contributed by atoms with Gasteiger partial charge in [-0.1, -0.05) is 13.8 Å². The average molecular weight is 316 g/mol. The second-order valence-electron chi connectivity index (χ2n) is 5.62. The molecule has 0 heterocycles. The Kier molecular flexibility index (Phi) is 12.5. The molecule has 0 saturated carbocycles. The van der Waals surface area contributed by atoms with Crippen LogP contribution in [0.1, 0.15) is 20.3 Å². The van der Waals surface area contributed by atoms with E-state index in [2.05, 4.69) is 29.5 Å². The quantitative estimate of drug-likeness (QED) is 0.326. The van der Waals surface area contributed by atoms with Crippen molar-refractivity contribution in [2.75, 3.05) is 60.7 Å². The topological polar surface area (TPSA) is 75.2 Å². The first-order valence-electron chi connectivity index (χ1n) is 7.76. The third kappa shape index (κ3) is 12.4. The molecule has 0 spiro atoms. The first-order valence-corrected chi connectivity index (χ1v) is 7.76. The minimum atomic E-state index is -0.0342. The van der Waals surface area contributed by atoms with Crippen molar-refractivity contribution in [3.8, 4) is 0 Å². The van der Waals surface area contributed by atoms with Gasteiger partial charge in [-0.05, 0) is 12.3 Å². The third-order valence-electron chi connectivity index (χ3n) is 2.68. The molecule has 2 N–H and O–H groups in total. The van der Waals surface area contributed by atoms with E-state index in [1.807, 2.05) is 0 Å². The predicted molar refractivity (Wildman–Crippen MR) is 89.2 cm³/mol. The largest absolute Gasteiger partial charge is 0.383 e. The van der Waals surface area contributed by atoms with Gasteiger partial charge < -0.3 is 25.0 Å². The molecule has 0 saturated heterocycles. The number of carbonyl (C=O) groups is 1. The van der Waals surface area contributed by atoms with Gasteiger partial charge in [-0.15, -0.1) is 0 Å². The Morgan fingerprint density at radius 2 is 1.86 bits per heavy atom. The number of hydrogen-bond donors (Lipinski definition) is 2. The lowest BCUT2D eigenvalue weighted by Crippen LogP contribution is -2.40. The molecule has 0 aliphatic carbocycles. The number of guanidine groups is 1. The van der Waals surface area contributed by atoms with Crippen LogP contribution < -0.4 is 10.6 Å². The van der Waals surface area contributed by atoms with E-state index in [0.717, 1.165) is 19.6 Å². The summed E-state index contributed by atoms with van der Waals surface area (Å²) >= 11 is 0. The van der Waals surface area contributed by atoms with Crippen LogP contribution in [-0.2, 0) is 14.3 Å². The summed E-state index contributed by atoms with van der Waals surface area (Å²) in [5, 5.41) is 6.32. The lowest BCUT2D eigenvalue weighted by atomic mass is 10.2. The van der Waals surface area contributed by atoms with Gasteiger partial charge in [0.05, 0.1) is 6.61 Å². The second-order valence-corrected chi connectivity index (χ2v) is 5.62. The SMILES string of the molecule is COCCNC(=NCC(=O)N(C)C)NCCCOCC(C)C. The van der Waals surface area contributed by atoms with E-state index < -0.39 is 0 Å². The standard InChI is InChI=1S/C15H32N4O3/c1-13(2)12-22-9-6-7-16-15(17-8-10-21-5)18-11-14(20)19(3)4/h13H,6-12H2,1-5H3,(H2,16,17,18). The molecule has 22 heavy (non-hydrogen) atoms. The van der Waals surface area contributed by atoms with Crippen molar-refractivity contribution in [3.63, 3.8) is 0 Å². The van der Waals surface area contributed by atoms with Gasteiger partial charge in [0.25, 0.3) is 0 Å². The average Bonchev–Trinajstić information content (AvgIpc) is 2.46. The summed E-state index contributed by atoms with van der Waals surface area (Å²) in [5.74, 6) is 1.14. The molecule has 130 valence electrons. The molecule has 1 amide bonds. The molecule has 0 aliphatic rings. The molecule has 0 unspecified atom stereocenters. The molecule has 0 aliphatic heterocycles. The third-order valence-corrected chi connectivity index (χ3v) is 2.68. The minimum Gasteiger partial charge on any atom is -0.383 e. The van der Waals surface area contributed by atoms with E-state index in [0.29, 0.717) is 31.6 Å². The van der Waals surface area contributed by atoms with Crippen molar-refractivity contribution in [1.29, 1.82) is 0 Å². The monoisotopic (exact) mass is 316 g/mol. The highest BCUT2D eigenvalue weighted by Crippen LogP contribution is 1.92. The van der Waals surface area contributed by atoms with E-state index in [9.17, 15) is 4.79 Å². The Morgan fingerprint density at radius 3 is 2.45 bits per heavy atom. The highest BCUT2D eigenvalue weighted by atomic mass is 16.5. The van der Waals surface area contributed by atoms with E-state index in [1.54, 1.807) is 21.2 Å². The van der Waals surface area contributed by atoms with Gasteiger partial charge in [0, 0.05) is 47.5 Å². The highest BCUT2D eigenvalue weighted by molar-refractivity contribution is 5.84. The van der Waals surface area contributed by atoms with Crippen LogP contribution in [0.15, 0.2) is 4.99 Å². The van der Waals surface area contributed by atoms with Crippen molar-refractivity contribution in [2.45, 2.75) is 20.3 Å². The van der Waals surface area contributed by atoms with E-state index in [1.165, 1.54) is 4.90 Å². The summed E-state index contributed by atoms with van der Waals surface area (Å²) in [6, 6.07) is 0. The molecule has 7 heteroatoms. The highest BCUT2D eigenvalue weighted by Gasteiger charge is 2.04. The van der Waals surface area contributed by atoms with Crippen molar-refractivity contribution < 1.29 is 14.3 Å². The van der Waals surface area contributed by atoms with Gasteiger partial charge in [-0.25, -0.2) is 4.99 Å². The number of methoxy groups -OCH3 is 1. The van der Waals surface area contributed by atoms with Gasteiger partial charge in [-0.3, -0.25) is 4.79 Å². The van der Waals surface area contributed by atoms with Crippen LogP contribution in [0, 0.1) is 5.92 Å². The van der Waals surface area contributed by atoms with Crippen molar-refractivity contribution in [3.05, 3.63) is 0 Å². The van der Waals surface area contributed by atoms with E-state index >= 15 is 0 Å². The molecular weight excluding hydrogens is 284 g/mol. The van der Waals surface area contributed by atoms with Crippen LogP contribution in [0.3, 0.4) is 0 Å². The van der Waals surface area contributed by atoms with Crippen LogP contribution >= 0.6 is 0 Å². The first-order chi connectivity index (χ1) is 10.5. The summed E-state index contributed by atoms with van der Waals surface area (Å²) in [7, 11) is 5.08. The Balaban J connectivity index is 4.06. The van der Waals surface area contributed by atoms with Gasteiger partial charge in [0.15, 0.2) is 5.96 Å². The number of nitrogens with one attached hydrogen (secondary N) is 2. The Hall–Kier alpha value is -1.34. The summed E-state index contributed by atoms with van der Waals surface area (Å²) in [5.41, 5.74) is 0. The number of rotatable bonds is 11. The first kappa shape index (κ1) is 20.7. The smallest absolute Gasteiger partial charge is 0.243 e. The molecule has 0 fully saturated rings. The fraction of sp³-hybridized carbons (Fsp3) is 0.867. The van der Waals surface area contributed by atoms with Gasteiger partial charge >= 0.3 is 0 Å². The zero-order valence-electron chi connectivity index (χ0n) is 14.6. The van der Waals surface area contributed by atoms with Gasteiger partial charge in [-0.2, -0.15) is 0 Å². The van der Waals surface area contributed by atoms with Crippen LogP contribution in [0.2, 0.25) is 0 Å². The molecule has 7 nitrogen and oxygen atoms in total. The number of carbonyl (C=O) groups excluding carboxylic acids is 1. The van der Waals surface area contributed by atoms with Crippen molar-refractivity contribution in [2.24, 2.45) is 10.9 Å². The normalized spacial score (nSPS) is 11.6. The minimum absolute atomic E-state index is 0.0342. The van der Waals surface area contributed by atoms with E-state index in [4.69, 9.17) is 9.47 Å². The van der Waals surface area contributed by atoms with Crippen LogP contribution in [0.25, 0.3) is 0 Å². The molecule has 0 radical (unpaired) electrons. The summed E-state index contributed by atoms with van der Waals surface area (Å²) in [4.78, 5) is 17.4. The summed E-state index contributed by atoms with van der Waals surface area (Å²) in [6.45, 7) is 7.85. The number of aliphatic imine (C=N–C) groups is 1. The van der Waals surface area contributed by atoms with Crippen LogP contribution in [0.4, 0.5) is 0 Å². The van der Waals surface area contributed by atoms with Crippen molar-refractivity contribution >= 4 is 11.9 Å². The number of likely N-dealkylation sites (N-methyl/N-ethyl adjacent to an activating group) is 1. The van der Waals surface area contributed by atoms with Crippen LogP contribution in [0.5, 0.6) is 0 Å². The zero-order valence-corrected chi connectivity index (χ0v) is 14.6. The number of ether oxygens (including phenoxy) is 2. The van der Waals surface area contributed by atoms with Crippen LogP contribution in [-0.4, -0.2) is 77.4 Å². The number of hydrogen-bond acceptors (Lipinski definition) is 4. The zero-order chi connectivity index (χ0) is 16.8. The molecule has 0 aromatic carbocycles. The Bertz CT molecular complexity index is 320. The molecule has 0 atom stereocenters.